The molecular formula is C13H19N5O. The summed E-state index contributed by atoms with van der Waals surface area (Å²) in [5.41, 5.74) is 7.13. The van der Waals surface area contributed by atoms with Crippen molar-refractivity contribution in [2.75, 3.05) is 5.32 Å². The van der Waals surface area contributed by atoms with Gasteiger partial charge in [-0.3, -0.25) is 4.79 Å². The molecule has 0 fully saturated rings. The second-order valence-corrected chi connectivity index (χ2v) is 4.82. The van der Waals surface area contributed by atoms with Crippen molar-refractivity contribution in [3.05, 3.63) is 18.5 Å². The third kappa shape index (κ3) is 2.73. The molecule has 2 aromatic rings. The van der Waals surface area contributed by atoms with Gasteiger partial charge in [-0.1, -0.05) is 6.92 Å². The maximum absolute atomic E-state index is 11.7. The van der Waals surface area contributed by atoms with Gasteiger partial charge >= 0.3 is 0 Å². The van der Waals surface area contributed by atoms with Crippen LogP contribution in [0.5, 0.6) is 0 Å². The Kier molecular flexibility index (Phi) is 3.80. The molecule has 0 aromatic carbocycles. The lowest BCUT2D eigenvalue weighted by Gasteiger charge is -2.10. The highest BCUT2D eigenvalue weighted by Gasteiger charge is 2.12. The third-order valence-electron chi connectivity index (χ3n) is 2.97. The second-order valence-electron chi connectivity index (χ2n) is 4.82. The maximum atomic E-state index is 11.7. The zero-order valence-electron chi connectivity index (χ0n) is 11.4. The molecule has 6 heteroatoms. The Morgan fingerprint density at radius 3 is 2.84 bits per heavy atom. The molecule has 0 saturated heterocycles. The number of hydrogen-bond acceptors (Lipinski definition) is 4. The van der Waals surface area contributed by atoms with Gasteiger partial charge in [0.25, 0.3) is 0 Å². The van der Waals surface area contributed by atoms with Crippen molar-refractivity contribution in [3.63, 3.8) is 0 Å². The molecule has 0 unspecified atom stereocenters. The molecule has 2 rings (SSSR count). The Balaban J connectivity index is 2.25. The molecule has 3 N–H and O–H groups in total. The summed E-state index contributed by atoms with van der Waals surface area (Å²) in [4.78, 5) is 16.1. The van der Waals surface area contributed by atoms with Crippen molar-refractivity contribution in [2.24, 2.45) is 5.73 Å². The monoisotopic (exact) mass is 261 g/mol. The first-order chi connectivity index (χ1) is 9.02. The number of fused-ring (bicyclic) bond motifs is 1. The topological polar surface area (TPSA) is 85.8 Å². The summed E-state index contributed by atoms with van der Waals surface area (Å²) in [6.45, 7) is 5.96. The highest BCUT2D eigenvalue weighted by Crippen LogP contribution is 2.19. The lowest BCUT2D eigenvalue weighted by molar-refractivity contribution is -0.117. The predicted octanol–water partition coefficient (Wildman–Crippen LogP) is 1.69. The third-order valence-corrected chi connectivity index (χ3v) is 2.97. The van der Waals surface area contributed by atoms with Crippen molar-refractivity contribution < 1.29 is 4.79 Å². The molecule has 0 spiro atoms. The second kappa shape index (κ2) is 5.36. The number of nitrogens with two attached hydrogens (primary N) is 1. The summed E-state index contributed by atoms with van der Waals surface area (Å²) in [5.74, 6) is -0.195. The van der Waals surface area contributed by atoms with E-state index in [-0.39, 0.29) is 11.9 Å². The molecule has 2 aromatic heterocycles. The van der Waals surface area contributed by atoms with Gasteiger partial charge < -0.3 is 11.1 Å². The Hall–Kier alpha value is -1.95. The van der Waals surface area contributed by atoms with E-state index in [0.717, 1.165) is 11.0 Å². The van der Waals surface area contributed by atoms with Gasteiger partial charge in [0, 0.05) is 11.4 Å². The minimum atomic E-state index is -0.492. The zero-order chi connectivity index (χ0) is 14.0. The minimum absolute atomic E-state index is 0.195. The van der Waals surface area contributed by atoms with Crippen LogP contribution in [0.4, 0.5) is 5.69 Å². The molecule has 0 aliphatic rings. The average molecular weight is 261 g/mol. The van der Waals surface area contributed by atoms with Crippen molar-refractivity contribution in [1.29, 1.82) is 0 Å². The molecule has 0 aliphatic carbocycles. The van der Waals surface area contributed by atoms with E-state index >= 15 is 0 Å². The molecule has 19 heavy (non-hydrogen) atoms. The van der Waals surface area contributed by atoms with Crippen molar-refractivity contribution in [2.45, 2.75) is 39.3 Å². The summed E-state index contributed by atoms with van der Waals surface area (Å²) in [6, 6.07) is 1.61. The fourth-order valence-electron chi connectivity index (χ4n) is 1.81. The lowest BCUT2D eigenvalue weighted by Crippen LogP contribution is -2.34. The average Bonchev–Trinajstić information content (AvgIpc) is 2.80. The quantitative estimate of drug-likeness (QED) is 0.877. The predicted molar refractivity (Wildman–Crippen MR) is 74.8 cm³/mol. The van der Waals surface area contributed by atoms with Crippen molar-refractivity contribution >= 4 is 22.6 Å². The van der Waals surface area contributed by atoms with Gasteiger partial charge in [0.05, 0.1) is 24.1 Å². The zero-order valence-corrected chi connectivity index (χ0v) is 11.4. The number of carbonyl (C=O) groups excluding carboxylic acids is 1. The summed E-state index contributed by atoms with van der Waals surface area (Å²) < 4.78 is 1.85. The molecule has 6 nitrogen and oxygen atoms in total. The van der Waals surface area contributed by atoms with Crippen LogP contribution in [-0.4, -0.2) is 26.7 Å². The number of hydrogen-bond donors (Lipinski definition) is 2. The Morgan fingerprint density at radius 2 is 2.21 bits per heavy atom. The van der Waals surface area contributed by atoms with Crippen LogP contribution in [0.2, 0.25) is 0 Å². The van der Waals surface area contributed by atoms with Crippen LogP contribution >= 0.6 is 0 Å². The van der Waals surface area contributed by atoms with Gasteiger partial charge in [-0.2, -0.15) is 5.10 Å². The molecule has 2 heterocycles. The van der Waals surface area contributed by atoms with E-state index in [0.29, 0.717) is 12.1 Å². The van der Waals surface area contributed by atoms with Crippen molar-refractivity contribution in [3.8, 4) is 0 Å². The van der Waals surface area contributed by atoms with Crippen LogP contribution in [0.25, 0.3) is 11.0 Å². The molecule has 1 amide bonds. The largest absolute Gasteiger partial charge is 0.323 e. The molecule has 0 saturated carbocycles. The van der Waals surface area contributed by atoms with E-state index < -0.39 is 6.04 Å². The minimum Gasteiger partial charge on any atom is -0.323 e. The summed E-state index contributed by atoms with van der Waals surface area (Å²) in [5, 5.41) is 7.94. The first kappa shape index (κ1) is 13.5. The SMILES string of the molecule is CC[C@@H](N)C(=O)Nc1cnc2c(cnn2C(C)C)c1. The number of aromatic nitrogens is 3. The molecule has 1 atom stereocenters. The first-order valence-corrected chi connectivity index (χ1v) is 6.42. The summed E-state index contributed by atoms with van der Waals surface area (Å²) >= 11 is 0. The van der Waals surface area contributed by atoms with Crippen LogP contribution in [0.15, 0.2) is 18.5 Å². The number of amides is 1. The number of anilines is 1. The number of pyridine rings is 1. The smallest absolute Gasteiger partial charge is 0.241 e. The summed E-state index contributed by atoms with van der Waals surface area (Å²) in [7, 11) is 0. The van der Waals surface area contributed by atoms with Crippen LogP contribution in [0.1, 0.15) is 33.2 Å². The lowest BCUT2D eigenvalue weighted by atomic mass is 10.2. The van der Waals surface area contributed by atoms with Crippen molar-refractivity contribution in [1.82, 2.24) is 14.8 Å². The number of carbonyl (C=O) groups is 1. The van der Waals surface area contributed by atoms with E-state index in [2.05, 4.69) is 15.4 Å². The number of nitrogens with zero attached hydrogens (tertiary/aromatic N) is 3. The molecular weight excluding hydrogens is 242 g/mol. The van der Waals surface area contributed by atoms with E-state index in [9.17, 15) is 4.79 Å². The number of rotatable bonds is 4. The van der Waals surface area contributed by atoms with Gasteiger partial charge in [-0.15, -0.1) is 0 Å². The van der Waals surface area contributed by atoms with Crippen LogP contribution in [0, 0.1) is 0 Å². The molecule has 0 radical (unpaired) electrons. The van der Waals surface area contributed by atoms with Gasteiger partial charge in [-0.25, -0.2) is 9.67 Å². The van der Waals surface area contributed by atoms with Gasteiger partial charge in [0.15, 0.2) is 5.65 Å². The molecule has 102 valence electrons. The Bertz CT molecular complexity index is 590. The fourth-order valence-corrected chi connectivity index (χ4v) is 1.81. The molecule has 0 aliphatic heterocycles. The van der Waals surface area contributed by atoms with Gasteiger partial charge in [0.1, 0.15) is 0 Å². The molecule has 0 bridgehead atoms. The Labute approximate surface area is 112 Å². The van der Waals surface area contributed by atoms with E-state index in [1.165, 1.54) is 0 Å². The highest BCUT2D eigenvalue weighted by atomic mass is 16.2. The number of nitrogens with one attached hydrogen (secondary N) is 1. The van der Waals surface area contributed by atoms with E-state index in [4.69, 9.17) is 5.73 Å². The maximum Gasteiger partial charge on any atom is 0.241 e. The van der Waals surface area contributed by atoms with Crippen LogP contribution in [-0.2, 0) is 4.79 Å². The van der Waals surface area contributed by atoms with Gasteiger partial charge in [0.2, 0.25) is 5.91 Å². The van der Waals surface area contributed by atoms with E-state index in [1.807, 2.05) is 31.5 Å². The summed E-state index contributed by atoms with van der Waals surface area (Å²) in [6.07, 6.45) is 3.98. The standard InChI is InChI=1S/C13H19N5O/c1-4-11(14)13(19)17-10-5-9-6-16-18(8(2)3)12(9)15-7-10/h5-8,11H,4,14H2,1-3H3,(H,17,19)/t11-/m1/s1. The van der Waals surface area contributed by atoms with Crippen LogP contribution in [0.3, 0.4) is 0 Å². The highest BCUT2D eigenvalue weighted by molar-refractivity contribution is 5.95. The normalized spacial score (nSPS) is 12.9. The van der Waals surface area contributed by atoms with E-state index in [1.54, 1.807) is 12.4 Å². The first-order valence-electron chi connectivity index (χ1n) is 6.42. The fraction of sp³-hybridized carbons (Fsp3) is 0.462. The van der Waals surface area contributed by atoms with Gasteiger partial charge in [-0.05, 0) is 26.3 Å². The van der Waals surface area contributed by atoms with Crippen LogP contribution < -0.4 is 11.1 Å². The Morgan fingerprint density at radius 1 is 1.47 bits per heavy atom.